The van der Waals surface area contributed by atoms with Crippen LogP contribution in [0.25, 0.3) is 21.5 Å². The van der Waals surface area contributed by atoms with E-state index in [9.17, 15) is 9.59 Å². The van der Waals surface area contributed by atoms with Gasteiger partial charge >= 0.3 is 5.97 Å². The van der Waals surface area contributed by atoms with E-state index in [4.69, 9.17) is 21.1 Å². The first kappa shape index (κ1) is 20.8. The number of thiophene rings is 1. The molecule has 0 spiro atoms. The number of esters is 1. The van der Waals surface area contributed by atoms with Crippen LogP contribution in [-0.4, -0.2) is 30.6 Å². The Morgan fingerprint density at radius 3 is 2.71 bits per heavy atom. The Hall–Kier alpha value is -3.42. The smallest absolute Gasteiger partial charge is 0.339 e. The van der Waals surface area contributed by atoms with Crippen LogP contribution in [0.2, 0.25) is 5.02 Å². The molecule has 0 fully saturated rings. The van der Waals surface area contributed by atoms with Gasteiger partial charge in [-0.25, -0.2) is 9.78 Å². The molecule has 0 bridgehead atoms. The fourth-order valence-corrected chi connectivity index (χ4v) is 3.93. The lowest BCUT2D eigenvalue weighted by Crippen LogP contribution is -2.21. The maximum atomic E-state index is 12.8. The molecule has 0 saturated carbocycles. The maximum absolute atomic E-state index is 12.8. The third-order valence-corrected chi connectivity index (χ3v) is 5.61. The minimum Gasteiger partial charge on any atom is -0.495 e. The second-order valence-corrected chi connectivity index (χ2v) is 7.90. The first-order valence-corrected chi connectivity index (χ1v) is 10.5. The summed E-state index contributed by atoms with van der Waals surface area (Å²) in [4.78, 5) is 30.8. The van der Waals surface area contributed by atoms with Gasteiger partial charge < -0.3 is 14.8 Å². The molecule has 0 unspecified atom stereocenters. The molecular weight excluding hydrogens is 436 g/mol. The monoisotopic (exact) mass is 452 g/mol. The standard InChI is InChI=1S/C23H17ClN2O4S/c1-29-20-9-8-14(24)11-18(20)26-22(27)13-30-23(28)16-12-19(21-7-4-10-31-21)25-17-6-3-2-5-15(16)17/h2-12H,13H2,1H3,(H,26,27). The molecule has 0 aliphatic heterocycles. The van der Waals surface area contributed by atoms with Gasteiger partial charge in [0, 0.05) is 10.4 Å². The normalized spacial score (nSPS) is 10.6. The van der Waals surface area contributed by atoms with Crippen molar-refractivity contribution in [3.63, 3.8) is 0 Å². The van der Waals surface area contributed by atoms with Crippen LogP contribution in [0, 0.1) is 0 Å². The number of carbonyl (C=O) groups excluding carboxylic acids is 2. The predicted octanol–water partition coefficient (Wildman–Crippen LogP) is 5.42. The van der Waals surface area contributed by atoms with Crippen molar-refractivity contribution in [3.05, 3.63) is 76.6 Å². The average Bonchev–Trinajstić information content (AvgIpc) is 3.32. The molecular formula is C23H17ClN2O4S. The number of hydrogen-bond acceptors (Lipinski definition) is 6. The summed E-state index contributed by atoms with van der Waals surface area (Å²) < 4.78 is 10.5. The number of carbonyl (C=O) groups is 2. The Labute approximate surface area is 187 Å². The van der Waals surface area contributed by atoms with Gasteiger partial charge in [-0.1, -0.05) is 35.9 Å². The SMILES string of the molecule is COc1ccc(Cl)cc1NC(=O)COC(=O)c1cc(-c2cccs2)nc2ccccc12. The Balaban J connectivity index is 1.54. The van der Waals surface area contributed by atoms with E-state index >= 15 is 0 Å². The summed E-state index contributed by atoms with van der Waals surface area (Å²) in [5.74, 6) is -0.667. The number of benzene rings is 2. The molecule has 8 heteroatoms. The highest BCUT2D eigenvalue weighted by Crippen LogP contribution is 2.29. The van der Waals surface area contributed by atoms with Gasteiger partial charge in [0.1, 0.15) is 5.75 Å². The number of nitrogens with one attached hydrogen (secondary N) is 1. The number of methoxy groups -OCH3 is 1. The third kappa shape index (κ3) is 4.68. The molecule has 2 heterocycles. The Morgan fingerprint density at radius 1 is 1.10 bits per heavy atom. The lowest BCUT2D eigenvalue weighted by atomic mass is 10.1. The van der Waals surface area contributed by atoms with Crippen molar-refractivity contribution >= 4 is 51.4 Å². The number of amides is 1. The summed E-state index contributed by atoms with van der Waals surface area (Å²) in [6.07, 6.45) is 0. The van der Waals surface area contributed by atoms with E-state index in [0.717, 1.165) is 4.88 Å². The number of rotatable bonds is 6. The fraction of sp³-hybridized carbons (Fsp3) is 0.0870. The van der Waals surface area contributed by atoms with Crippen LogP contribution in [0.5, 0.6) is 5.75 Å². The lowest BCUT2D eigenvalue weighted by molar-refractivity contribution is -0.119. The molecule has 1 N–H and O–H groups in total. The van der Waals surface area contributed by atoms with E-state index in [1.165, 1.54) is 18.4 Å². The highest BCUT2D eigenvalue weighted by Gasteiger charge is 2.17. The van der Waals surface area contributed by atoms with Crippen LogP contribution in [0.1, 0.15) is 10.4 Å². The van der Waals surface area contributed by atoms with Gasteiger partial charge in [-0.15, -0.1) is 11.3 Å². The molecule has 4 aromatic rings. The van der Waals surface area contributed by atoms with Crippen LogP contribution >= 0.6 is 22.9 Å². The van der Waals surface area contributed by atoms with Crippen LogP contribution < -0.4 is 10.1 Å². The highest BCUT2D eigenvalue weighted by atomic mass is 35.5. The molecule has 31 heavy (non-hydrogen) atoms. The summed E-state index contributed by atoms with van der Waals surface area (Å²) in [5.41, 5.74) is 2.09. The quantitative estimate of drug-likeness (QED) is 0.395. The van der Waals surface area contributed by atoms with E-state index in [1.54, 1.807) is 30.3 Å². The number of aromatic nitrogens is 1. The molecule has 0 saturated heterocycles. The number of hydrogen-bond donors (Lipinski definition) is 1. The van der Waals surface area contributed by atoms with Crippen LogP contribution in [0.3, 0.4) is 0 Å². The number of halogens is 1. The van der Waals surface area contributed by atoms with Crippen molar-refractivity contribution in [1.29, 1.82) is 0 Å². The lowest BCUT2D eigenvalue weighted by Gasteiger charge is -2.12. The van der Waals surface area contributed by atoms with Crippen molar-refractivity contribution in [1.82, 2.24) is 4.98 Å². The van der Waals surface area contributed by atoms with Crippen molar-refractivity contribution in [2.45, 2.75) is 0 Å². The Kier molecular flexibility index (Phi) is 6.16. The molecule has 2 aromatic heterocycles. The molecule has 4 rings (SSSR count). The van der Waals surface area contributed by atoms with Gasteiger partial charge in [0.2, 0.25) is 0 Å². The molecule has 2 aromatic carbocycles. The Bertz CT molecular complexity index is 1260. The van der Waals surface area contributed by atoms with E-state index in [-0.39, 0.29) is 0 Å². The van der Waals surface area contributed by atoms with E-state index < -0.39 is 18.5 Å². The van der Waals surface area contributed by atoms with E-state index in [2.05, 4.69) is 10.3 Å². The van der Waals surface area contributed by atoms with Crippen LogP contribution in [0.15, 0.2) is 66.0 Å². The molecule has 0 atom stereocenters. The second kappa shape index (κ2) is 9.16. The molecule has 0 radical (unpaired) electrons. The van der Waals surface area contributed by atoms with Crippen molar-refractivity contribution in [2.75, 3.05) is 19.0 Å². The predicted molar refractivity (Wildman–Crippen MR) is 122 cm³/mol. The molecule has 6 nitrogen and oxygen atoms in total. The topological polar surface area (TPSA) is 77.5 Å². The number of pyridine rings is 1. The summed E-state index contributed by atoms with van der Waals surface area (Å²) in [6, 6.07) is 17.7. The van der Waals surface area contributed by atoms with Crippen LogP contribution in [-0.2, 0) is 9.53 Å². The first-order valence-electron chi connectivity index (χ1n) is 9.29. The van der Waals surface area contributed by atoms with Gasteiger partial charge in [0.25, 0.3) is 5.91 Å². The number of ether oxygens (including phenoxy) is 2. The van der Waals surface area contributed by atoms with E-state index in [1.807, 2.05) is 35.7 Å². The van der Waals surface area contributed by atoms with Crippen LogP contribution in [0.4, 0.5) is 5.69 Å². The summed E-state index contributed by atoms with van der Waals surface area (Å²) >= 11 is 7.51. The molecule has 0 aliphatic carbocycles. The molecule has 156 valence electrons. The molecule has 0 aliphatic rings. The number of fused-ring (bicyclic) bond motifs is 1. The first-order chi connectivity index (χ1) is 15.0. The number of para-hydroxylation sites is 1. The molecule has 1 amide bonds. The highest BCUT2D eigenvalue weighted by molar-refractivity contribution is 7.13. The zero-order valence-electron chi connectivity index (χ0n) is 16.4. The minimum absolute atomic E-state index is 0.349. The van der Waals surface area contributed by atoms with Gasteiger partial charge in [-0.2, -0.15) is 0 Å². The van der Waals surface area contributed by atoms with Crippen molar-refractivity contribution in [2.24, 2.45) is 0 Å². The van der Waals surface area contributed by atoms with E-state index in [0.29, 0.717) is 38.6 Å². The fourth-order valence-electron chi connectivity index (χ4n) is 3.07. The van der Waals surface area contributed by atoms with Crippen molar-refractivity contribution in [3.8, 4) is 16.3 Å². The zero-order valence-corrected chi connectivity index (χ0v) is 18.0. The number of nitrogens with zero attached hydrogens (tertiary/aromatic N) is 1. The summed E-state index contributed by atoms with van der Waals surface area (Å²) in [7, 11) is 1.48. The number of anilines is 1. The van der Waals surface area contributed by atoms with Gasteiger partial charge in [0.15, 0.2) is 6.61 Å². The van der Waals surface area contributed by atoms with Gasteiger partial charge in [0.05, 0.1) is 34.4 Å². The minimum atomic E-state index is -0.607. The van der Waals surface area contributed by atoms with Gasteiger partial charge in [-0.05, 0) is 41.8 Å². The van der Waals surface area contributed by atoms with Gasteiger partial charge in [-0.3, -0.25) is 4.79 Å². The summed E-state index contributed by atoms with van der Waals surface area (Å²) in [6.45, 7) is -0.459. The largest absolute Gasteiger partial charge is 0.495 e. The average molecular weight is 453 g/mol. The second-order valence-electron chi connectivity index (χ2n) is 6.52. The Morgan fingerprint density at radius 2 is 1.94 bits per heavy atom. The summed E-state index contributed by atoms with van der Waals surface area (Å²) in [5, 5.41) is 5.69. The maximum Gasteiger partial charge on any atom is 0.339 e. The van der Waals surface area contributed by atoms with Crippen molar-refractivity contribution < 1.29 is 19.1 Å². The third-order valence-electron chi connectivity index (χ3n) is 4.48. The zero-order chi connectivity index (χ0) is 21.8.